The van der Waals surface area contributed by atoms with Gasteiger partial charge in [0.2, 0.25) is 5.91 Å². The predicted octanol–water partition coefficient (Wildman–Crippen LogP) is 3.40. The quantitative estimate of drug-likeness (QED) is 0.852. The summed E-state index contributed by atoms with van der Waals surface area (Å²) in [5, 5.41) is 3.32. The first kappa shape index (κ1) is 15.5. The Hall–Kier alpha value is -1.51. The van der Waals surface area contributed by atoms with Crippen molar-refractivity contribution < 1.29 is 4.79 Å². The van der Waals surface area contributed by atoms with Crippen LogP contribution in [0.3, 0.4) is 0 Å². The molecule has 0 atom stereocenters. The molecule has 0 aliphatic carbocycles. The van der Waals surface area contributed by atoms with Gasteiger partial charge < -0.3 is 10.2 Å². The molecule has 0 aliphatic rings. The highest BCUT2D eigenvalue weighted by Gasteiger charge is 2.12. The van der Waals surface area contributed by atoms with Crippen LogP contribution in [0.25, 0.3) is 0 Å². The van der Waals surface area contributed by atoms with Crippen molar-refractivity contribution in [1.29, 1.82) is 0 Å². The number of para-hydroxylation sites is 1. The number of anilines is 1. The molecule has 0 heterocycles. The van der Waals surface area contributed by atoms with E-state index in [9.17, 15) is 4.79 Å². The molecule has 3 heteroatoms. The first-order valence-corrected chi connectivity index (χ1v) is 7.12. The minimum Gasteiger partial charge on any atom is -0.376 e. The smallest absolute Gasteiger partial charge is 0.241 e. The number of nitrogens with zero attached hydrogens (tertiary/aromatic N) is 1. The van der Waals surface area contributed by atoms with Gasteiger partial charge >= 0.3 is 0 Å². The molecule has 0 fully saturated rings. The maximum Gasteiger partial charge on any atom is 0.241 e. The molecule has 19 heavy (non-hydrogen) atoms. The van der Waals surface area contributed by atoms with E-state index >= 15 is 0 Å². The molecule has 0 radical (unpaired) electrons. The van der Waals surface area contributed by atoms with Gasteiger partial charge in [-0.15, -0.1) is 0 Å². The Morgan fingerprint density at radius 1 is 1.26 bits per heavy atom. The Bertz CT molecular complexity index is 423. The molecular weight excluding hydrogens is 236 g/mol. The topological polar surface area (TPSA) is 32.3 Å². The Kier molecular flexibility index (Phi) is 5.87. The third kappa shape index (κ3) is 3.98. The molecule has 0 aromatic heterocycles. The van der Waals surface area contributed by atoms with Crippen molar-refractivity contribution in [1.82, 2.24) is 4.90 Å². The molecule has 0 spiro atoms. The maximum atomic E-state index is 12.0. The monoisotopic (exact) mass is 262 g/mol. The van der Waals surface area contributed by atoms with Crippen molar-refractivity contribution >= 4 is 11.6 Å². The molecule has 0 saturated heterocycles. The van der Waals surface area contributed by atoms with E-state index in [1.807, 2.05) is 18.7 Å². The molecule has 0 bridgehead atoms. The van der Waals surface area contributed by atoms with E-state index in [0.29, 0.717) is 12.5 Å². The largest absolute Gasteiger partial charge is 0.376 e. The summed E-state index contributed by atoms with van der Waals surface area (Å²) < 4.78 is 0. The summed E-state index contributed by atoms with van der Waals surface area (Å²) in [5.74, 6) is 0.605. The van der Waals surface area contributed by atoms with Gasteiger partial charge in [0.25, 0.3) is 0 Å². The minimum absolute atomic E-state index is 0.156. The van der Waals surface area contributed by atoms with Crippen LogP contribution in [0, 0.1) is 6.92 Å². The highest BCUT2D eigenvalue weighted by molar-refractivity contribution is 5.81. The number of hydrogen-bond donors (Lipinski definition) is 1. The highest BCUT2D eigenvalue weighted by atomic mass is 16.2. The van der Waals surface area contributed by atoms with E-state index in [4.69, 9.17) is 0 Å². The van der Waals surface area contributed by atoms with Crippen LogP contribution in [0.5, 0.6) is 0 Å². The highest BCUT2D eigenvalue weighted by Crippen LogP contribution is 2.27. The van der Waals surface area contributed by atoms with E-state index in [2.05, 4.69) is 44.3 Å². The zero-order valence-corrected chi connectivity index (χ0v) is 12.8. The number of amides is 1. The van der Waals surface area contributed by atoms with E-state index in [1.54, 1.807) is 0 Å². The lowest BCUT2D eigenvalue weighted by atomic mass is 9.98. The van der Waals surface area contributed by atoms with Crippen molar-refractivity contribution in [3.05, 3.63) is 29.3 Å². The third-order valence-electron chi connectivity index (χ3n) is 3.46. The van der Waals surface area contributed by atoms with Gasteiger partial charge in [0.05, 0.1) is 6.54 Å². The molecule has 0 unspecified atom stereocenters. The van der Waals surface area contributed by atoms with Crippen LogP contribution >= 0.6 is 0 Å². The maximum absolute atomic E-state index is 12.0. The van der Waals surface area contributed by atoms with Crippen molar-refractivity contribution in [3.63, 3.8) is 0 Å². The van der Waals surface area contributed by atoms with Gasteiger partial charge in [-0.2, -0.15) is 0 Å². The van der Waals surface area contributed by atoms with Crippen molar-refractivity contribution in [2.24, 2.45) is 0 Å². The second kappa shape index (κ2) is 7.17. The van der Waals surface area contributed by atoms with Crippen LogP contribution in [0.2, 0.25) is 0 Å². The number of aryl methyl sites for hydroxylation is 1. The van der Waals surface area contributed by atoms with Crippen molar-refractivity contribution in [3.8, 4) is 0 Å². The normalized spacial score (nSPS) is 10.6. The third-order valence-corrected chi connectivity index (χ3v) is 3.46. The van der Waals surface area contributed by atoms with Gasteiger partial charge in [-0.3, -0.25) is 4.79 Å². The molecule has 1 N–H and O–H groups in total. The van der Waals surface area contributed by atoms with E-state index in [1.165, 1.54) is 11.1 Å². The molecule has 1 aromatic carbocycles. The lowest BCUT2D eigenvalue weighted by molar-refractivity contribution is -0.128. The summed E-state index contributed by atoms with van der Waals surface area (Å²) >= 11 is 0. The number of benzene rings is 1. The summed E-state index contributed by atoms with van der Waals surface area (Å²) in [7, 11) is 0. The number of hydrogen-bond acceptors (Lipinski definition) is 2. The van der Waals surface area contributed by atoms with Crippen LogP contribution in [0.15, 0.2) is 18.2 Å². The second-order valence-electron chi connectivity index (χ2n) is 5.11. The second-order valence-corrected chi connectivity index (χ2v) is 5.11. The predicted molar refractivity (Wildman–Crippen MR) is 81.7 cm³/mol. The minimum atomic E-state index is 0.156. The molecule has 1 aromatic rings. The van der Waals surface area contributed by atoms with Gasteiger partial charge in [0.15, 0.2) is 0 Å². The Labute approximate surface area is 117 Å². The Morgan fingerprint density at radius 2 is 1.89 bits per heavy atom. The summed E-state index contributed by atoms with van der Waals surface area (Å²) in [4.78, 5) is 13.9. The number of rotatable bonds is 6. The fourth-order valence-electron chi connectivity index (χ4n) is 2.27. The van der Waals surface area contributed by atoms with Gasteiger partial charge in [-0.25, -0.2) is 0 Å². The first-order valence-electron chi connectivity index (χ1n) is 7.12. The lowest BCUT2D eigenvalue weighted by Gasteiger charge is -2.21. The van der Waals surface area contributed by atoms with Gasteiger partial charge in [0.1, 0.15) is 0 Å². The van der Waals surface area contributed by atoms with Crippen LogP contribution in [0.4, 0.5) is 5.69 Å². The number of nitrogens with one attached hydrogen (secondary N) is 1. The molecule has 106 valence electrons. The summed E-state index contributed by atoms with van der Waals surface area (Å²) in [6.07, 6.45) is 0. The molecule has 1 amide bonds. The standard InChI is InChI=1S/C16H26N2O/c1-6-18(7-2)15(19)11-17-16-13(5)9-8-10-14(16)12(3)4/h8-10,12,17H,6-7,11H2,1-5H3. The molecule has 0 aliphatic heterocycles. The SMILES string of the molecule is CCN(CC)C(=O)CNc1c(C)cccc1C(C)C. The number of likely N-dealkylation sites (N-methyl/N-ethyl adjacent to an activating group) is 1. The lowest BCUT2D eigenvalue weighted by Crippen LogP contribution is -2.35. The van der Waals surface area contributed by atoms with Crippen molar-refractivity contribution in [2.75, 3.05) is 25.0 Å². The fourth-order valence-corrected chi connectivity index (χ4v) is 2.27. The van der Waals surface area contributed by atoms with E-state index in [-0.39, 0.29) is 5.91 Å². The summed E-state index contributed by atoms with van der Waals surface area (Å²) in [6, 6.07) is 6.28. The van der Waals surface area contributed by atoms with E-state index in [0.717, 1.165) is 18.8 Å². The molecule has 3 nitrogen and oxygen atoms in total. The van der Waals surface area contributed by atoms with Crippen LogP contribution in [-0.4, -0.2) is 30.4 Å². The average Bonchev–Trinajstić information content (AvgIpc) is 2.38. The fraction of sp³-hybridized carbons (Fsp3) is 0.562. The Balaban J connectivity index is 2.80. The van der Waals surface area contributed by atoms with Crippen LogP contribution in [0.1, 0.15) is 44.7 Å². The van der Waals surface area contributed by atoms with Gasteiger partial charge in [-0.1, -0.05) is 32.0 Å². The van der Waals surface area contributed by atoms with E-state index < -0.39 is 0 Å². The zero-order valence-electron chi connectivity index (χ0n) is 12.8. The van der Waals surface area contributed by atoms with Crippen molar-refractivity contribution in [2.45, 2.75) is 40.5 Å². The van der Waals surface area contributed by atoms with Gasteiger partial charge in [-0.05, 0) is 37.8 Å². The summed E-state index contributed by atoms with van der Waals surface area (Å²) in [6.45, 7) is 12.3. The zero-order chi connectivity index (χ0) is 14.4. The number of carbonyl (C=O) groups excluding carboxylic acids is 1. The average molecular weight is 262 g/mol. The Morgan fingerprint density at radius 3 is 2.42 bits per heavy atom. The van der Waals surface area contributed by atoms with Crippen LogP contribution in [-0.2, 0) is 4.79 Å². The molecule has 0 saturated carbocycles. The molecular formula is C16H26N2O. The molecule has 1 rings (SSSR count). The first-order chi connectivity index (χ1) is 9.01. The summed E-state index contributed by atoms with van der Waals surface area (Å²) in [5.41, 5.74) is 3.57. The van der Waals surface area contributed by atoms with Gasteiger partial charge in [0, 0.05) is 18.8 Å². The number of carbonyl (C=O) groups is 1. The van der Waals surface area contributed by atoms with Crippen LogP contribution < -0.4 is 5.32 Å².